The summed E-state index contributed by atoms with van der Waals surface area (Å²) in [6.07, 6.45) is 6.61. The number of hydrogen-bond donors (Lipinski definition) is 2. The largest absolute Gasteiger partial charge is 0.354 e. The zero-order chi connectivity index (χ0) is 17.4. The SMILES string of the molecule is CCCCCNC(=O)c1cncc(Nc2ccc(C(C)C)cc2)c1. The molecular formula is C20H27N3O. The van der Waals surface area contributed by atoms with Crippen molar-refractivity contribution >= 4 is 17.3 Å². The van der Waals surface area contributed by atoms with Gasteiger partial charge in [0.25, 0.3) is 5.91 Å². The van der Waals surface area contributed by atoms with E-state index < -0.39 is 0 Å². The highest BCUT2D eigenvalue weighted by atomic mass is 16.1. The summed E-state index contributed by atoms with van der Waals surface area (Å²) in [5, 5.41) is 6.24. The van der Waals surface area contributed by atoms with Crippen molar-refractivity contribution in [2.24, 2.45) is 0 Å². The third kappa shape index (κ3) is 5.37. The number of benzene rings is 1. The van der Waals surface area contributed by atoms with Gasteiger partial charge in [-0.15, -0.1) is 0 Å². The van der Waals surface area contributed by atoms with Crippen LogP contribution in [0.15, 0.2) is 42.7 Å². The van der Waals surface area contributed by atoms with Crippen LogP contribution in [0.5, 0.6) is 0 Å². The van der Waals surface area contributed by atoms with Crippen LogP contribution in [0, 0.1) is 0 Å². The Balaban J connectivity index is 1.98. The average molecular weight is 325 g/mol. The molecule has 0 aliphatic heterocycles. The maximum absolute atomic E-state index is 12.2. The Bertz CT molecular complexity index is 650. The normalized spacial score (nSPS) is 10.7. The third-order valence-electron chi connectivity index (χ3n) is 3.93. The minimum atomic E-state index is -0.0718. The Morgan fingerprint density at radius 2 is 1.83 bits per heavy atom. The molecule has 128 valence electrons. The van der Waals surface area contributed by atoms with Crippen molar-refractivity contribution < 1.29 is 4.79 Å². The molecule has 0 saturated heterocycles. The molecule has 2 rings (SSSR count). The summed E-state index contributed by atoms with van der Waals surface area (Å²) in [6.45, 7) is 7.21. The van der Waals surface area contributed by atoms with Gasteiger partial charge in [0.15, 0.2) is 0 Å². The second kappa shape index (κ2) is 9.06. The molecule has 1 amide bonds. The van der Waals surface area contributed by atoms with Gasteiger partial charge in [0.1, 0.15) is 0 Å². The van der Waals surface area contributed by atoms with Crippen molar-refractivity contribution in [1.82, 2.24) is 10.3 Å². The van der Waals surface area contributed by atoms with Gasteiger partial charge >= 0.3 is 0 Å². The number of carbonyl (C=O) groups is 1. The van der Waals surface area contributed by atoms with Crippen molar-refractivity contribution in [2.45, 2.75) is 46.0 Å². The quantitative estimate of drug-likeness (QED) is 0.681. The van der Waals surface area contributed by atoms with E-state index in [0.29, 0.717) is 18.0 Å². The molecule has 0 spiro atoms. The number of amides is 1. The molecule has 1 aromatic carbocycles. The van der Waals surface area contributed by atoms with Crippen LogP contribution in [0.2, 0.25) is 0 Å². The lowest BCUT2D eigenvalue weighted by Gasteiger charge is -2.10. The standard InChI is InChI=1S/C20H27N3O/c1-4-5-6-11-22-20(24)17-12-19(14-21-13-17)23-18-9-7-16(8-10-18)15(2)3/h7-10,12-15,23H,4-6,11H2,1-3H3,(H,22,24). The highest BCUT2D eigenvalue weighted by Crippen LogP contribution is 2.20. The molecule has 4 heteroatoms. The van der Waals surface area contributed by atoms with Crippen LogP contribution < -0.4 is 10.6 Å². The maximum Gasteiger partial charge on any atom is 0.252 e. The number of carbonyl (C=O) groups excluding carboxylic acids is 1. The molecule has 1 aromatic heterocycles. The monoisotopic (exact) mass is 325 g/mol. The molecule has 0 aliphatic rings. The Morgan fingerprint density at radius 1 is 1.08 bits per heavy atom. The Morgan fingerprint density at radius 3 is 2.50 bits per heavy atom. The number of nitrogens with zero attached hydrogens (tertiary/aromatic N) is 1. The summed E-state index contributed by atoms with van der Waals surface area (Å²) in [6, 6.07) is 10.2. The summed E-state index contributed by atoms with van der Waals surface area (Å²) >= 11 is 0. The van der Waals surface area contributed by atoms with Crippen molar-refractivity contribution in [3.05, 3.63) is 53.9 Å². The number of aromatic nitrogens is 1. The van der Waals surface area contributed by atoms with E-state index in [9.17, 15) is 4.79 Å². The fraction of sp³-hybridized carbons (Fsp3) is 0.400. The van der Waals surface area contributed by atoms with Gasteiger partial charge in [-0.05, 0) is 36.1 Å². The Kier molecular flexibility index (Phi) is 6.79. The van der Waals surface area contributed by atoms with Gasteiger partial charge in [-0.25, -0.2) is 0 Å². The molecule has 1 heterocycles. The van der Waals surface area contributed by atoms with Crippen LogP contribution in [0.1, 0.15) is 61.9 Å². The van der Waals surface area contributed by atoms with Crippen LogP contribution >= 0.6 is 0 Å². The van der Waals surface area contributed by atoms with Gasteiger partial charge in [-0.3, -0.25) is 9.78 Å². The van der Waals surface area contributed by atoms with E-state index in [0.717, 1.165) is 30.6 Å². The van der Waals surface area contributed by atoms with E-state index in [-0.39, 0.29) is 5.91 Å². The van der Waals surface area contributed by atoms with Crippen molar-refractivity contribution in [3.63, 3.8) is 0 Å². The van der Waals surface area contributed by atoms with Crippen LogP contribution in [-0.2, 0) is 0 Å². The van der Waals surface area contributed by atoms with E-state index in [1.54, 1.807) is 12.4 Å². The summed E-state index contributed by atoms with van der Waals surface area (Å²) in [5.74, 6) is 0.442. The van der Waals surface area contributed by atoms with Crippen LogP contribution in [0.3, 0.4) is 0 Å². The van der Waals surface area contributed by atoms with Gasteiger partial charge < -0.3 is 10.6 Å². The fourth-order valence-corrected chi connectivity index (χ4v) is 2.43. The number of hydrogen-bond acceptors (Lipinski definition) is 3. The fourth-order valence-electron chi connectivity index (χ4n) is 2.43. The number of nitrogens with one attached hydrogen (secondary N) is 2. The van der Waals surface area contributed by atoms with E-state index in [4.69, 9.17) is 0 Å². The summed E-state index contributed by atoms with van der Waals surface area (Å²) in [4.78, 5) is 16.3. The highest BCUT2D eigenvalue weighted by molar-refractivity contribution is 5.94. The number of anilines is 2. The number of unbranched alkanes of at least 4 members (excludes halogenated alkanes) is 2. The van der Waals surface area contributed by atoms with Crippen molar-refractivity contribution in [1.29, 1.82) is 0 Å². The maximum atomic E-state index is 12.2. The van der Waals surface area contributed by atoms with Crippen LogP contribution in [-0.4, -0.2) is 17.4 Å². The zero-order valence-corrected chi connectivity index (χ0v) is 14.8. The third-order valence-corrected chi connectivity index (χ3v) is 3.93. The van der Waals surface area contributed by atoms with Gasteiger partial charge in [-0.2, -0.15) is 0 Å². The van der Waals surface area contributed by atoms with E-state index in [2.05, 4.69) is 48.5 Å². The minimum Gasteiger partial charge on any atom is -0.354 e. The summed E-state index contributed by atoms with van der Waals surface area (Å²) in [5.41, 5.74) is 3.68. The molecule has 0 aliphatic carbocycles. The van der Waals surface area contributed by atoms with E-state index >= 15 is 0 Å². The molecule has 24 heavy (non-hydrogen) atoms. The van der Waals surface area contributed by atoms with Gasteiger partial charge in [0.2, 0.25) is 0 Å². The van der Waals surface area contributed by atoms with Crippen molar-refractivity contribution in [3.8, 4) is 0 Å². The molecule has 2 aromatic rings. The molecule has 0 atom stereocenters. The first-order valence-corrected chi connectivity index (χ1v) is 8.70. The summed E-state index contributed by atoms with van der Waals surface area (Å²) in [7, 11) is 0. The lowest BCUT2D eigenvalue weighted by Crippen LogP contribution is -2.24. The predicted octanol–water partition coefficient (Wildman–Crippen LogP) is 4.87. The summed E-state index contributed by atoms with van der Waals surface area (Å²) < 4.78 is 0. The lowest BCUT2D eigenvalue weighted by atomic mass is 10.0. The van der Waals surface area contributed by atoms with Gasteiger partial charge in [0.05, 0.1) is 17.4 Å². The highest BCUT2D eigenvalue weighted by Gasteiger charge is 2.07. The molecule has 0 bridgehead atoms. The second-order valence-electron chi connectivity index (χ2n) is 6.33. The smallest absolute Gasteiger partial charge is 0.252 e. The molecule has 0 fully saturated rings. The first-order chi connectivity index (χ1) is 11.6. The number of pyridine rings is 1. The molecule has 0 radical (unpaired) electrons. The molecular weight excluding hydrogens is 298 g/mol. The topological polar surface area (TPSA) is 54.0 Å². The average Bonchev–Trinajstić information content (AvgIpc) is 2.59. The van der Waals surface area contributed by atoms with E-state index in [1.807, 2.05) is 18.2 Å². The van der Waals surface area contributed by atoms with Gasteiger partial charge in [-0.1, -0.05) is 45.7 Å². The molecule has 2 N–H and O–H groups in total. The molecule has 0 saturated carbocycles. The lowest BCUT2D eigenvalue weighted by molar-refractivity contribution is 0.0952. The van der Waals surface area contributed by atoms with Crippen LogP contribution in [0.25, 0.3) is 0 Å². The zero-order valence-electron chi connectivity index (χ0n) is 14.8. The van der Waals surface area contributed by atoms with E-state index in [1.165, 1.54) is 5.56 Å². The molecule has 4 nitrogen and oxygen atoms in total. The van der Waals surface area contributed by atoms with Crippen LogP contribution in [0.4, 0.5) is 11.4 Å². The Hall–Kier alpha value is -2.36. The Labute approximate surface area is 144 Å². The minimum absolute atomic E-state index is 0.0718. The van der Waals surface area contributed by atoms with Gasteiger partial charge in [0, 0.05) is 18.4 Å². The molecule has 0 unspecified atom stereocenters. The number of rotatable bonds is 8. The second-order valence-corrected chi connectivity index (χ2v) is 6.33. The first-order valence-electron chi connectivity index (χ1n) is 8.70. The van der Waals surface area contributed by atoms with Crippen molar-refractivity contribution in [2.75, 3.05) is 11.9 Å². The predicted molar refractivity (Wildman–Crippen MR) is 99.9 cm³/mol. The first kappa shape index (κ1) is 18.0.